The SMILES string of the molecule is Cn1nccc1CCC(N)c1ccc(C(F)(F)F)cc1. The maximum Gasteiger partial charge on any atom is 0.416 e. The average molecular weight is 283 g/mol. The Kier molecular flexibility index (Phi) is 4.13. The molecular weight excluding hydrogens is 267 g/mol. The maximum atomic E-state index is 12.5. The van der Waals surface area contributed by atoms with Gasteiger partial charge in [0.2, 0.25) is 0 Å². The molecule has 0 radical (unpaired) electrons. The molecule has 1 heterocycles. The quantitative estimate of drug-likeness (QED) is 0.937. The molecule has 2 rings (SSSR count). The van der Waals surface area contributed by atoms with Crippen molar-refractivity contribution in [2.24, 2.45) is 12.8 Å². The van der Waals surface area contributed by atoms with Crippen LogP contribution in [0, 0.1) is 0 Å². The number of aryl methyl sites for hydroxylation is 2. The monoisotopic (exact) mass is 283 g/mol. The number of alkyl halides is 3. The molecule has 0 saturated heterocycles. The summed E-state index contributed by atoms with van der Waals surface area (Å²) in [5, 5.41) is 4.06. The van der Waals surface area contributed by atoms with Crippen LogP contribution in [0.3, 0.4) is 0 Å². The van der Waals surface area contributed by atoms with Crippen molar-refractivity contribution in [3.05, 3.63) is 53.3 Å². The normalized spacial score (nSPS) is 13.4. The largest absolute Gasteiger partial charge is 0.416 e. The molecule has 0 saturated carbocycles. The van der Waals surface area contributed by atoms with Crippen LogP contribution in [-0.2, 0) is 19.6 Å². The smallest absolute Gasteiger partial charge is 0.324 e. The average Bonchev–Trinajstić information content (AvgIpc) is 2.81. The molecule has 1 atom stereocenters. The Hall–Kier alpha value is -1.82. The molecule has 0 aliphatic heterocycles. The second kappa shape index (κ2) is 5.66. The number of benzene rings is 1. The standard InChI is InChI=1S/C14H16F3N3/c1-20-12(8-9-19-20)6-7-13(18)10-2-4-11(5-3-10)14(15,16)17/h2-5,8-9,13H,6-7,18H2,1H3. The van der Waals surface area contributed by atoms with Gasteiger partial charge in [0, 0.05) is 25.0 Å². The number of nitrogens with two attached hydrogens (primary N) is 1. The van der Waals surface area contributed by atoms with E-state index in [9.17, 15) is 13.2 Å². The van der Waals surface area contributed by atoms with Crippen LogP contribution in [-0.4, -0.2) is 9.78 Å². The van der Waals surface area contributed by atoms with Crippen molar-refractivity contribution < 1.29 is 13.2 Å². The molecule has 0 fully saturated rings. The predicted octanol–water partition coefficient (Wildman–Crippen LogP) is 3.07. The molecule has 20 heavy (non-hydrogen) atoms. The van der Waals surface area contributed by atoms with Crippen molar-refractivity contribution in [1.82, 2.24) is 9.78 Å². The van der Waals surface area contributed by atoms with Crippen LogP contribution in [0.1, 0.15) is 29.3 Å². The Morgan fingerprint density at radius 1 is 1.20 bits per heavy atom. The van der Waals surface area contributed by atoms with Gasteiger partial charge in [0.15, 0.2) is 0 Å². The highest BCUT2D eigenvalue weighted by atomic mass is 19.4. The summed E-state index contributed by atoms with van der Waals surface area (Å²) < 4.78 is 39.1. The minimum Gasteiger partial charge on any atom is -0.324 e. The Balaban J connectivity index is 1.99. The molecule has 3 nitrogen and oxygen atoms in total. The van der Waals surface area contributed by atoms with Gasteiger partial charge in [-0.15, -0.1) is 0 Å². The summed E-state index contributed by atoms with van der Waals surface area (Å²) in [6.45, 7) is 0. The number of hydrogen-bond acceptors (Lipinski definition) is 2. The van der Waals surface area contributed by atoms with Gasteiger partial charge in [-0.05, 0) is 36.6 Å². The molecule has 6 heteroatoms. The van der Waals surface area contributed by atoms with E-state index < -0.39 is 11.7 Å². The molecule has 0 aliphatic carbocycles. The lowest BCUT2D eigenvalue weighted by molar-refractivity contribution is -0.137. The van der Waals surface area contributed by atoms with E-state index in [4.69, 9.17) is 5.73 Å². The van der Waals surface area contributed by atoms with Gasteiger partial charge in [-0.25, -0.2) is 0 Å². The highest BCUT2D eigenvalue weighted by Crippen LogP contribution is 2.30. The Labute approximate surface area is 115 Å². The van der Waals surface area contributed by atoms with Gasteiger partial charge in [-0.1, -0.05) is 12.1 Å². The fourth-order valence-corrected chi connectivity index (χ4v) is 2.04. The summed E-state index contributed by atoms with van der Waals surface area (Å²) >= 11 is 0. The van der Waals surface area contributed by atoms with Crippen molar-refractivity contribution in [2.75, 3.05) is 0 Å². The highest BCUT2D eigenvalue weighted by Gasteiger charge is 2.30. The van der Waals surface area contributed by atoms with Crippen LogP contribution >= 0.6 is 0 Å². The summed E-state index contributed by atoms with van der Waals surface area (Å²) in [6, 6.07) is 6.64. The Morgan fingerprint density at radius 2 is 1.85 bits per heavy atom. The lowest BCUT2D eigenvalue weighted by atomic mass is 10.0. The number of nitrogens with zero attached hydrogens (tertiary/aromatic N) is 2. The van der Waals surface area contributed by atoms with Crippen LogP contribution in [0.2, 0.25) is 0 Å². The second-order valence-electron chi connectivity index (χ2n) is 4.71. The first-order valence-electron chi connectivity index (χ1n) is 6.27. The van der Waals surface area contributed by atoms with E-state index in [1.54, 1.807) is 10.9 Å². The van der Waals surface area contributed by atoms with Crippen molar-refractivity contribution in [1.29, 1.82) is 0 Å². The van der Waals surface area contributed by atoms with E-state index in [0.29, 0.717) is 12.0 Å². The fourth-order valence-electron chi connectivity index (χ4n) is 2.04. The van der Waals surface area contributed by atoms with E-state index in [-0.39, 0.29) is 6.04 Å². The Bertz CT molecular complexity index is 558. The van der Waals surface area contributed by atoms with Crippen molar-refractivity contribution >= 4 is 0 Å². The molecule has 1 unspecified atom stereocenters. The molecule has 0 bridgehead atoms. The van der Waals surface area contributed by atoms with Crippen molar-refractivity contribution in [3.63, 3.8) is 0 Å². The van der Waals surface area contributed by atoms with E-state index in [2.05, 4.69) is 5.10 Å². The molecule has 0 amide bonds. The highest BCUT2D eigenvalue weighted by molar-refractivity contribution is 5.26. The van der Waals surface area contributed by atoms with Crippen molar-refractivity contribution in [2.45, 2.75) is 25.1 Å². The van der Waals surface area contributed by atoms with Gasteiger partial charge in [-0.3, -0.25) is 4.68 Å². The number of aromatic nitrogens is 2. The van der Waals surface area contributed by atoms with Gasteiger partial charge >= 0.3 is 6.18 Å². The van der Waals surface area contributed by atoms with E-state index >= 15 is 0 Å². The Morgan fingerprint density at radius 3 is 2.35 bits per heavy atom. The van der Waals surface area contributed by atoms with Gasteiger partial charge in [0.1, 0.15) is 0 Å². The summed E-state index contributed by atoms with van der Waals surface area (Å²) in [5.41, 5.74) is 7.11. The molecule has 1 aromatic carbocycles. The van der Waals surface area contributed by atoms with Crippen LogP contribution in [0.4, 0.5) is 13.2 Å². The van der Waals surface area contributed by atoms with Gasteiger partial charge in [-0.2, -0.15) is 18.3 Å². The van der Waals surface area contributed by atoms with E-state index in [0.717, 1.165) is 24.2 Å². The topological polar surface area (TPSA) is 43.8 Å². The second-order valence-corrected chi connectivity index (χ2v) is 4.71. The minimum absolute atomic E-state index is 0.285. The van der Waals surface area contributed by atoms with Crippen LogP contribution in [0.5, 0.6) is 0 Å². The molecule has 1 aromatic heterocycles. The van der Waals surface area contributed by atoms with Crippen LogP contribution in [0.25, 0.3) is 0 Å². The van der Waals surface area contributed by atoms with Crippen LogP contribution in [0.15, 0.2) is 36.5 Å². The van der Waals surface area contributed by atoms with Gasteiger partial charge in [0.05, 0.1) is 5.56 Å². The van der Waals surface area contributed by atoms with E-state index in [1.165, 1.54) is 12.1 Å². The number of hydrogen-bond donors (Lipinski definition) is 1. The number of rotatable bonds is 4. The van der Waals surface area contributed by atoms with Gasteiger partial charge in [0.25, 0.3) is 0 Å². The first kappa shape index (κ1) is 14.6. The zero-order valence-electron chi connectivity index (χ0n) is 11.1. The third-order valence-electron chi connectivity index (χ3n) is 3.30. The predicted molar refractivity (Wildman–Crippen MR) is 69.9 cm³/mol. The molecule has 108 valence electrons. The third-order valence-corrected chi connectivity index (χ3v) is 3.30. The zero-order valence-corrected chi connectivity index (χ0v) is 11.1. The molecular formula is C14H16F3N3. The molecule has 0 aliphatic rings. The van der Waals surface area contributed by atoms with Crippen molar-refractivity contribution in [3.8, 4) is 0 Å². The van der Waals surface area contributed by atoms with E-state index in [1.807, 2.05) is 13.1 Å². The molecule has 2 aromatic rings. The summed E-state index contributed by atoms with van der Waals surface area (Å²) in [7, 11) is 1.85. The summed E-state index contributed by atoms with van der Waals surface area (Å²) in [5.74, 6) is 0. The first-order valence-corrected chi connectivity index (χ1v) is 6.27. The maximum absolute atomic E-state index is 12.5. The summed E-state index contributed by atoms with van der Waals surface area (Å²) in [4.78, 5) is 0. The number of halogens is 3. The minimum atomic E-state index is -4.31. The lowest BCUT2D eigenvalue weighted by Crippen LogP contribution is -2.13. The van der Waals surface area contributed by atoms with Gasteiger partial charge < -0.3 is 5.73 Å². The molecule has 2 N–H and O–H groups in total. The lowest BCUT2D eigenvalue weighted by Gasteiger charge is -2.13. The summed E-state index contributed by atoms with van der Waals surface area (Å²) in [6.07, 6.45) is -1.21. The first-order chi connectivity index (χ1) is 9.38. The van der Waals surface area contributed by atoms with Crippen LogP contribution < -0.4 is 5.73 Å². The zero-order chi connectivity index (χ0) is 14.8. The fraction of sp³-hybridized carbons (Fsp3) is 0.357. The molecule has 0 spiro atoms. The third kappa shape index (κ3) is 3.39.